The first-order valence-electron chi connectivity index (χ1n) is 7.98. The Morgan fingerprint density at radius 3 is 2.54 bits per heavy atom. The summed E-state index contributed by atoms with van der Waals surface area (Å²) in [5.74, 6) is 0.364. The maximum atomic E-state index is 12.1. The van der Waals surface area contributed by atoms with Crippen molar-refractivity contribution in [2.24, 2.45) is 0 Å². The van der Waals surface area contributed by atoms with Crippen LogP contribution in [0.1, 0.15) is 41.3 Å². The molecule has 128 valence electrons. The SMILES string of the molecule is Cc1nc(C(=O)NCCc2ccc(OC(C)C)cc2)c(=O)[nH]c1C. The second-order valence-electron chi connectivity index (χ2n) is 5.94. The van der Waals surface area contributed by atoms with Gasteiger partial charge in [0.25, 0.3) is 11.5 Å². The first kappa shape index (κ1) is 17.7. The highest BCUT2D eigenvalue weighted by Gasteiger charge is 2.13. The van der Waals surface area contributed by atoms with Crippen molar-refractivity contribution in [1.82, 2.24) is 15.3 Å². The summed E-state index contributed by atoms with van der Waals surface area (Å²) in [6, 6.07) is 7.75. The van der Waals surface area contributed by atoms with Gasteiger partial charge in [0.05, 0.1) is 11.8 Å². The average molecular weight is 329 g/mol. The van der Waals surface area contributed by atoms with Gasteiger partial charge in [0.15, 0.2) is 5.69 Å². The van der Waals surface area contributed by atoms with E-state index in [0.29, 0.717) is 24.4 Å². The Morgan fingerprint density at radius 1 is 1.25 bits per heavy atom. The van der Waals surface area contributed by atoms with Gasteiger partial charge in [-0.15, -0.1) is 0 Å². The molecule has 2 aromatic rings. The van der Waals surface area contributed by atoms with Crippen LogP contribution in [0.5, 0.6) is 5.75 Å². The predicted octanol–water partition coefficient (Wildman–Crippen LogP) is 2.15. The third-order valence-corrected chi connectivity index (χ3v) is 3.55. The molecular weight excluding hydrogens is 306 g/mol. The zero-order valence-electron chi connectivity index (χ0n) is 14.5. The number of carbonyl (C=O) groups excluding carboxylic acids is 1. The van der Waals surface area contributed by atoms with Crippen molar-refractivity contribution in [2.75, 3.05) is 6.54 Å². The number of benzene rings is 1. The molecule has 24 heavy (non-hydrogen) atoms. The maximum Gasteiger partial charge on any atom is 0.279 e. The first-order valence-corrected chi connectivity index (χ1v) is 7.98. The molecule has 0 saturated carbocycles. The molecule has 2 N–H and O–H groups in total. The number of carbonyl (C=O) groups is 1. The summed E-state index contributed by atoms with van der Waals surface area (Å²) in [6.07, 6.45) is 0.801. The van der Waals surface area contributed by atoms with Gasteiger partial charge in [-0.1, -0.05) is 12.1 Å². The van der Waals surface area contributed by atoms with E-state index in [1.165, 1.54) is 0 Å². The van der Waals surface area contributed by atoms with Gasteiger partial charge in [-0.3, -0.25) is 9.59 Å². The Balaban J connectivity index is 1.91. The summed E-state index contributed by atoms with van der Waals surface area (Å²) in [7, 11) is 0. The highest BCUT2D eigenvalue weighted by molar-refractivity contribution is 5.91. The number of ether oxygens (including phenoxy) is 1. The minimum atomic E-state index is -0.467. The molecule has 1 amide bonds. The van der Waals surface area contributed by atoms with Crippen LogP contribution in [0.15, 0.2) is 29.1 Å². The summed E-state index contributed by atoms with van der Waals surface area (Å²) < 4.78 is 5.59. The van der Waals surface area contributed by atoms with Gasteiger partial charge in [0.2, 0.25) is 0 Å². The van der Waals surface area contributed by atoms with E-state index in [2.05, 4.69) is 15.3 Å². The fraction of sp³-hybridized carbons (Fsp3) is 0.389. The number of nitrogens with one attached hydrogen (secondary N) is 2. The van der Waals surface area contributed by atoms with Crippen molar-refractivity contribution in [3.8, 4) is 5.75 Å². The molecule has 1 aromatic carbocycles. The summed E-state index contributed by atoms with van der Waals surface area (Å²) >= 11 is 0. The minimum absolute atomic E-state index is 0.0984. The van der Waals surface area contributed by atoms with Gasteiger partial charge in [0, 0.05) is 12.2 Å². The molecule has 0 radical (unpaired) electrons. The van der Waals surface area contributed by atoms with Crippen LogP contribution in [-0.4, -0.2) is 28.5 Å². The van der Waals surface area contributed by atoms with Crippen LogP contribution in [0.25, 0.3) is 0 Å². The minimum Gasteiger partial charge on any atom is -0.491 e. The number of amides is 1. The second kappa shape index (κ2) is 7.77. The van der Waals surface area contributed by atoms with Gasteiger partial charge >= 0.3 is 0 Å². The van der Waals surface area contributed by atoms with E-state index >= 15 is 0 Å². The van der Waals surface area contributed by atoms with Crippen LogP contribution < -0.4 is 15.6 Å². The Kier molecular flexibility index (Phi) is 5.73. The Hall–Kier alpha value is -2.63. The van der Waals surface area contributed by atoms with Crippen molar-refractivity contribution in [3.05, 3.63) is 57.3 Å². The molecule has 0 bridgehead atoms. The highest BCUT2D eigenvalue weighted by Crippen LogP contribution is 2.13. The van der Waals surface area contributed by atoms with Crippen molar-refractivity contribution in [3.63, 3.8) is 0 Å². The molecule has 0 atom stereocenters. The van der Waals surface area contributed by atoms with E-state index in [1.807, 2.05) is 38.1 Å². The Labute approximate surface area is 141 Å². The average Bonchev–Trinajstić information content (AvgIpc) is 2.52. The van der Waals surface area contributed by atoms with Crippen LogP contribution in [0, 0.1) is 13.8 Å². The van der Waals surface area contributed by atoms with Crippen LogP contribution in [0.2, 0.25) is 0 Å². The topological polar surface area (TPSA) is 84.1 Å². The smallest absolute Gasteiger partial charge is 0.279 e. The summed E-state index contributed by atoms with van der Waals surface area (Å²) in [4.78, 5) is 30.6. The van der Waals surface area contributed by atoms with Crippen LogP contribution in [0.4, 0.5) is 0 Å². The molecule has 0 aliphatic heterocycles. The van der Waals surface area contributed by atoms with Gasteiger partial charge in [0.1, 0.15) is 5.75 Å². The van der Waals surface area contributed by atoms with Crippen molar-refractivity contribution in [1.29, 1.82) is 0 Å². The number of nitrogens with zero attached hydrogens (tertiary/aromatic N) is 1. The fourth-order valence-corrected chi connectivity index (χ4v) is 2.19. The standard InChI is InChI=1S/C18H23N3O3/c1-11(2)24-15-7-5-14(6-8-15)9-10-19-17(22)16-18(23)21-13(4)12(3)20-16/h5-8,11H,9-10H2,1-4H3,(H,19,22)(H,21,23). The zero-order chi connectivity index (χ0) is 17.7. The summed E-state index contributed by atoms with van der Waals surface area (Å²) in [5, 5.41) is 2.73. The molecule has 0 unspecified atom stereocenters. The number of aromatic amines is 1. The molecule has 0 saturated heterocycles. The molecule has 0 fully saturated rings. The quantitative estimate of drug-likeness (QED) is 0.850. The van der Waals surface area contributed by atoms with Gasteiger partial charge in [-0.2, -0.15) is 0 Å². The van der Waals surface area contributed by atoms with Crippen molar-refractivity contribution in [2.45, 2.75) is 40.2 Å². The van der Waals surface area contributed by atoms with Crippen molar-refractivity contribution >= 4 is 5.91 Å². The van der Waals surface area contributed by atoms with E-state index in [4.69, 9.17) is 4.74 Å². The van der Waals surface area contributed by atoms with E-state index in [9.17, 15) is 9.59 Å². The number of aryl methyl sites for hydroxylation is 2. The molecule has 1 heterocycles. The van der Waals surface area contributed by atoms with E-state index < -0.39 is 11.5 Å². The Morgan fingerprint density at radius 2 is 1.92 bits per heavy atom. The number of hydrogen-bond donors (Lipinski definition) is 2. The predicted molar refractivity (Wildman–Crippen MR) is 92.6 cm³/mol. The first-order chi connectivity index (χ1) is 11.4. The lowest BCUT2D eigenvalue weighted by Gasteiger charge is -2.10. The molecular formula is C18H23N3O3. The van der Waals surface area contributed by atoms with E-state index in [0.717, 1.165) is 11.3 Å². The van der Waals surface area contributed by atoms with E-state index in [-0.39, 0.29) is 11.8 Å². The molecule has 6 nitrogen and oxygen atoms in total. The Bertz CT molecular complexity index is 764. The molecule has 0 spiro atoms. The summed E-state index contributed by atoms with van der Waals surface area (Å²) in [6.45, 7) is 7.89. The second-order valence-corrected chi connectivity index (χ2v) is 5.94. The zero-order valence-corrected chi connectivity index (χ0v) is 14.5. The largest absolute Gasteiger partial charge is 0.491 e. The molecule has 0 aliphatic carbocycles. The lowest BCUT2D eigenvalue weighted by molar-refractivity contribution is 0.0947. The van der Waals surface area contributed by atoms with E-state index in [1.54, 1.807) is 13.8 Å². The lowest BCUT2D eigenvalue weighted by Crippen LogP contribution is -2.33. The molecule has 1 aromatic heterocycles. The van der Waals surface area contributed by atoms with Gasteiger partial charge < -0.3 is 15.0 Å². The number of hydrogen-bond acceptors (Lipinski definition) is 4. The summed E-state index contributed by atoms with van der Waals surface area (Å²) in [5.41, 5.74) is 1.82. The van der Waals surface area contributed by atoms with Crippen molar-refractivity contribution < 1.29 is 9.53 Å². The van der Waals surface area contributed by atoms with Gasteiger partial charge in [-0.05, 0) is 51.8 Å². The maximum absolute atomic E-state index is 12.1. The van der Waals surface area contributed by atoms with Gasteiger partial charge in [-0.25, -0.2) is 4.98 Å². The third kappa shape index (κ3) is 4.68. The van der Waals surface area contributed by atoms with Crippen LogP contribution in [0.3, 0.4) is 0 Å². The lowest BCUT2D eigenvalue weighted by atomic mass is 10.1. The normalized spacial score (nSPS) is 10.7. The molecule has 0 aliphatic rings. The number of H-pyrrole nitrogens is 1. The number of rotatable bonds is 6. The fourth-order valence-electron chi connectivity index (χ4n) is 2.19. The number of aromatic nitrogens is 2. The van der Waals surface area contributed by atoms with Crippen LogP contribution >= 0.6 is 0 Å². The third-order valence-electron chi connectivity index (χ3n) is 3.55. The highest BCUT2D eigenvalue weighted by atomic mass is 16.5. The molecule has 2 rings (SSSR count). The van der Waals surface area contributed by atoms with Crippen LogP contribution in [-0.2, 0) is 6.42 Å². The monoisotopic (exact) mass is 329 g/mol. The molecule has 6 heteroatoms.